The number of nitrogens with one attached hydrogen (secondary N) is 1. The third-order valence-corrected chi connectivity index (χ3v) is 4.17. The Balaban J connectivity index is 2.76. The number of halogens is 2. The van der Waals surface area contributed by atoms with Crippen LogP contribution in [0.1, 0.15) is 0 Å². The summed E-state index contributed by atoms with van der Waals surface area (Å²) in [5, 5.41) is 1.43. The third-order valence-electron chi connectivity index (χ3n) is 1.29. The van der Waals surface area contributed by atoms with E-state index in [1.807, 2.05) is 0 Å². The Morgan fingerprint density at radius 1 is 1.57 bits per heavy atom. The maximum absolute atomic E-state index is 11.7. The Morgan fingerprint density at radius 2 is 2.21 bits per heavy atom. The Hall–Kier alpha value is -0.730. The van der Waals surface area contributed by atoms with Gasteiger partial charge >= 0.3 is 0 Å². The number of anilines is 1. The van der Waals surface area contributed by atoms with Gasteiger partial charge in [-0.05, 0) is 6.07 Å². The molecule has 0 aliphatic heterocycles. The summed E-state index contributed by atoms with van der Waals surface area (Å²) in [6, 6.07) is 1.22. The molecule has 0 aliphatic carbocycles. The monoisotopic (exact) mass is 242 g/mol. The molecule has 1 aromatic rings. The topological polar surface area (TPSA) is 72.2 Å². The summed E-state index contributed by atoms with van der Waals surface area (Å²) in [7, 11) is -3.83. The van der Waals surface area contributed by atoms with E-state index in [4.69, 9.17) is 5.73 Å². The molecular formula is C6H8F2N2O2S2. The first kappa shape index (κ1) is 11.3. The number of alkyl halides is 2. The van der Waals surface area contributed by atoms with Crippen molar-refractivity contribution in [1.82, 2.24) is 4.72 Å². The predicted octanol–water partition coefficient (Wildman–Crippen LogP) is 0.874. The lowest BCUT2D eigenvalue weighted by molar-refractivity contribution is 0.153. The summed E-state index contributed by atoms with van der Waals surface area (Å²) >= 11 is 0.888. The second kappa shape index (κ2) is 4.20. The quantitative estimate of drug-likeness (QED) is 0.823. The van der Waals surface area contributed by atoms with Gasteiger partial charge in [-0.15, -0.1) is 11.3 Å². The average molecular weight is 242 g/mol. The zero-order valence-electron chi connectivity index (χ0n) is 6.91. The zero-order valence-corrected chi connectivity index (χ0v) is 8.54. The number of nitrogen functional groups attached to an aromatic ring is 1. The van der Waals surface area contributed by atoms with E-state index >= 15 is 0 Å². The molecule has 0 atom stereocenters. The highest BCUT2D eigenvalue weighted by Gasteiger charge is 2.17. The second-order valence-electron chi connectivity index (χ2n) is 2.44. The molecular weight excluding hydrogens is 234 g/mol. The maximum atomic E-state index is 11.7. The smallest absolute Gasteiger partial charge is 0.251 e. The number of rotatable bonds is 4. The Morgan fingerprint density at radius 3 is 2.64 bits per heavy atom. The van der Waals surface area contributed by atoms with Crippen LogP contribution in [-0.4, -0.2) is 21.4 Å². The SMILES string of the molecule is Nc1csc(S(=O)(=O)NCC(F)F)c1. The molecule has 80 valence electrons. The Kier molecular flexibility index (Phi) is 3.40. The van der Waals surface area contributed by atoms with Crippen molar-refractivity contribution in [2.45, 2.75) is 10.6 Å². The van der Waals surface area contributed by atoms with Crippen LogP contribution in [0.15, 0.2) is 15.7 Å². The Bertz CT molecular complexity index is 402. The van der Waals surface area contributed by atoms with Gasteiger partial charge in [-0.25, -0.2) is 21.9 Å². The van der Waals surface area contributed by atoms with Crippen molar-refractivity contribution in [2.24, 2.45) is 0 Å². The minimum Gasteiger partial charge on any atom is -0.398 e. The van der Waals surface area contributed by atoms with Gasteiger partial charge in [-0.3, -0.25) is 0 Å². The van der Waals surface area contributed by atoms with Gasteiger partial charge in [0.2, 0.25) is 10.0 Å². The number of hydrogen-bond donors (Lipinski definition) is 2. The largest absolute Gasteiger partial charge is 0.398 e. The molecule has 0 saturated carbocycles. The molecule has 1 rings (SSSR count). The van der Waals surface area contributed by atoms with E-state index < -0.39 is 23.0 Å². The summed E-state index contributed by atoms with van der Waals surface area (Å²) in [6.45, 7) is -0.889. The van der Waals surface area contributed by atoms with Crippen molar-refractivity contribution in [3.05, 3.63) is 11.4 Å². The van der Waals surface area contributed by atoms with Gasteiger partial charge in [0, 0.05) is 11.1 Å². The van der Waals surface area contributed by atoms with E-state index in [-0.39, 0.29) is 4.21 Å². The van der Waals surface area contributed by atoms with E-state index in [0.717, 1.165) is 11.3 Å². The first-order valence-corrected chi connectivity index (χ1v) is 5.90. The summed E-state index contributed by atoms with van der Waals surface area (Å²) in [4.78, 5) is 0. The number of thiophene rings is 1. The molecule has 0 spiro atoms. The molecule has 0 amide bonds. The van der Waals surface area contributed by atoms with Crippen LogP contribution < -0.4 is 10.5 Å². The Labute approximate surface area is 83.8 Å². The fourth-order valence-electron chi connectivity index (χ4n) is 0.715. The maximum Gasteiger partial charge on any atom is 0.251 e. The van der Waals surface area contributed by atoms with Gasteiger partial charge in [0.15, 0.2) is 0 Å². The summed E-state index contributed by atoms with van der Waals surface area (Å²) in [5.74, 6) is 0. The van der Waals surface area contributed by atoms with E-state index in [9.17, 15) is 17.2 Å². The van der Waals surface area contributed by atoms with Crippen molar-refractivity contribution in [3.63, 3.8) is 0 Å². The molecule has 0 aliphatic rings. The van der Waals surface area contributed by atoms with Crippen LogP contribution in [0.5, 0.6) is 0 Å². The lowest BCUT2D eigenvalue weighted by Gasteiger charge is -2.02. The fraction of sp³-hybridized carbons (Fsp3) is 0.333. The van der Waals surface area contributed by atoms with Crippen molar-refractivity contribution in [3.8, 4) is 0 Å². The molecule has 8 heteroatoms. The molecule has 0 bridgehead atoms. The minimum atomic E-state index is -3.83. The van der Waals surface area contributed by atoms with E-state index in [2.05, 4.69) is 0 Å². The summed E-state index contributed by atoms with van der Waals surface area (Å²) in [5.41, 5.74) is 5.60. The number of sulfonamides is 1. The van der Waals surface area contributed by atoms with E-state index in [1.54, 1.807) is 4.72 Å². The highest BCUT2D eigenvalue weighted by atomic mass is 32.2. The minimum absolute atomic E-state index is 0.0596. The fourth-order valence-corrected chi connectivity index (χ4v) is 2.85. The van der Waals surface area contributed by atoms with Gasteiger partial charge in [0.25, 0.3) is 6.43 Å². The van der Waals surface area contributed by atoms with Crippen LogP contribution in [0.4, 0.5) is 14.5 Å². The van der Waals surface area contributed by atoms with Crippen molar-refractivity contribution < 1.29 is 17.2 Å². The van der Waals surface area contributed by atoms with Crippen LogP contribution in [0.2, 0.25) is 0 Å². The summed E-state index contributed by atoms with van der Waals surface area (Å²) in [6.07, 6.45) is -2.71. The van der Waals surface area contributed by atoms with Crippen LogP contribution in [0.25, 0.3) is 0 Å². The van der Waals surface area contributed by atoms with Crippen LogP contribution in [0.3, 0.4) is 0 Å². The average Bonchev–Trinajstić information content (AvgIpc) is 2.49. The van der Waals surface area contributed by atoms with E-state index in [1.165, 1.54) is 11.4 Å². The molecule has 3 N–H and O–H groups in total. The number of nitrogens with two attached hydrogens (primary N) is 1. The molecule has 0 saturated heterocycles. The summed E-state index contributed by atoms with van der Waals surface area (Å²) < 4.78 is 47.7. The molecule has 0 unspecified atom stereocenters. The standard InChI is InChI=1S/C6H8F2N2O2S2/c7-5(8)2-10-14(11,12)6-1-4(9)3-13-6/h1,3,5,10H,2,9H2. The van der Waals surface area contributed by atoms with Crippen LogP contribution in [0, 0.1) is 0 Å². The zero-order chi connectivity index (χ0) is 10.8. The molecule has 0 aromatic carbocycles. The first-order chi connectivity index (χ1) is 6.42. The number of hydrogen-bond acceptors (Lipinski definition) is 4. The first-order valence-electron chi connectivity index (χ1n) is 3.53. The highest BCUT2D eigenvalue weighted by molar-refractivity contribution is 7.91. The van der Waals surface area contributed by atoms with Crippen molar-refractivity contribution in [2.75, 3.05) is 12.3 Å². The second-order valence-corrected chi connectivity index (χ2v) is 5.35. The van der Waals surface area contributed by atoms with Gasteiger partial charge in [-0.2, -0.15) is 0 Å². The third kappa shape index (κ3) is 2.89. The highest BCUT2D eigenvalue weighted by Crippen LogP contribution is 2.21. The molecule has 4 nitrogen and oxygen atoms in total. The molecule has 0 fully saturated rings. The van der Waals surface area contributed by atoms with Gasteiger partial charge in [0.05, 0.1) is 6.54 Å². The van der Waals surface area contributed by atoms with E-state index in [0.29, 0.717) is 5.69 Å². The van der Waals surface area contributed by atoms with Crippen LogP contribution in [-0.2, 0) is 10.0 Å². The molecule has 0 radical (unpaired) electrons. The van der Waals surface area contributed by atoms with Gasteiger partial charge in [0.1, 0.15) is 4.21 Å². The molecule has 1 heterocycles. The molecule has 14 heavy (non-hydrogen) atoms. The lowest BCUT2D eigenvalue weighted by atomic mass is 10.6. The predicted molar refractivity (Wildman–Crippen MR) is 49.9 cm³/mol. The van der Waals surface area contributed by atoms with Crippen LogP contribution >= 0.6 is 11.3 Å². The van der Waals surface area contributed by atoms with Crippen molar-refractivity contribution in [1.29, 1.82) is 0 Å². The van der Waals surface area contributed by atoms with Gasteiger partial charge < -0.3 is 5.73 Å². The molecule has 1 aromatic heterocycles. The lowest BCUT2D eigenvalue weighted by Crippen LogP contribution is -2.28. The normalized spacial score (nSPS) is 12.2. The van der Waals surface area contributed by atoms with Gasteiger partial charge in [-0.1, -0.05) is 0 Å². The van der Waals surface area contributed by atoms with Crippen molar-refractivity contribution >= 4 is 27.0 Å².